The Balaban J connectivity index is 2.22. The summed E-state index contributed by atoms with van der Waals surface area (Å²) < 4.78 is 10.5. The third-order valence-corrected chi connectivity index (χ3v) is 4.00. The number of hydrogen-bond acceptors (Lipinski definition) is 4. The van der Waals surface area contributed by atoms with Gasteiger partial charge in [-0.05, 0) is 19.3 Å². The van der Waals surface area contributed by atoms with E-state index in [1.54, 1.807) is 4.90 Å². The van der Waals surface area contributed by atoms with Crippen molar-refractivity contribution in [1.82, 2.24) is 4.90 Å². The highest BCUT2D eigenvalue weighted by molar-refractivity contribution is 6.03. The lowest BCUT2D eigenvalue weighted by atomic mass is 9.80. The van der Waals surface area contributed by atoms with Crippen molar-refractivity contribution in [2.24, 2.45) is 5.92 Å². The number of nitrogens with zero attached hydrogens (tertiary/aromatic N) is 1. The molecule has 2 aliphatic rings. The summed E-state index contributed by atoms with van der Waals surface area (Å²) in [5.41, 5.74) is -0.509. The molecule has 0 aromatic rings. The summed E-state index contributed by atoms with van der Waals surface area (Å²) in [6.07, 6.45) is 2.21. The third-order valence-electron chi connectivity index (χ3n) is 4.00. The van der Waals surface area contributed by atoms with Gasteiger partial charge in [-0.3, -0.25) is 9.59 Å². The van der Waals surface area contributed by atoms with Crippen LogP contribution < -0.4 is 0 Å². The van der Waals surface area contributed by atoms with E-state index >= 15 is 0 Å². The molecule has 0 aliphatic carbocycles. The molecule has 2 fully saturated rings. The molecule has 0 aromatic carbocycles. The Morgan fingerprint density at radius 2 is 2.18 bits per heavy atom. The predicted molar refractivity (Wildman–Crippen MR) is 60.0 cm³/mol. The van der Waals surface area contributed by atoms with Crippen LogP contribution in [0.5, 0.6) is 0 Å². The zero-order valence-electron chi connectivity index (χ0n) is 10.6. The minimum absolute atomic E-state index is 0.0383. The lowest BCUT2D eigenvalue weighted by molar-refractivity contribution is -0.249. The maximum absolute atomic E-state index is 12.1. The van der Waals surface area contributed by atoms with Crippen LogP contribution in [0.3, 0.4) is 0 Å². The Hall–Kier alpha value is -1.10. The number of β-lactam (4-membered cyclic amide) rings is 1. The molecule has 96 valence electrons. The first kappa shape index (κ1) is 12.4. The van der Waals surface area contributed by atoms with Gasteiger partial charge in [-0.1, -0.05) is 13.8 Å². The van der Waals surface area contributed by atoms with Crippen LogP contribution >= 0.6 is 0 Å². The van der Waals surface area contributed by atoms with Crippen molar-refractivity contribution in [3.63, 3.8) is 0 Å². The molecule has 0 bridgehead atoms. The zero-order valence-corrected chi connectivity index (χ0v) is 10.6. The van der Waals surface area contributed by atoms with Crippen LogP contribution in [0, 0.1) is 5.92 Å². The lowest BCUT2D eigenvalue weighted by Crippen LogP contribution is -2.74. The van der Waals surface area contributed by atoms with Crippen molar-refractivity contribution in [2.45, 2.75) is 44.9 Å². The molecule has 2 saturated heterocycles. The van der Waals surface area contributed by atoms with E-state index in [-0.39, 0.29) is 11.9 Å². The molecule has 0 unspecified atom stereocenters. The van der Waals surface area contributed by atoms with Gasteiger partial charge in [0.1, 0.15) is 5.72 Å². The van der Waals surface area contributed by atoms with E-state index in [0.29, 0.717) is 13.0 Å². The number of fused-ring (bicyclic) bond motifs is 1. The molecular weight excluding hydrogens is 222 g/mol. The number of hydrogen-bond donors (Lipinski definition) is 0. The minimum Gasteiger partial charge on any atom is -0.468 e. The maximum Gasteiger partial charge on any atom is 0.320 e. The van der Waals surface area contributed by atoms with E-state index in [1.807, 2.05) is 13.8 Å². The van der Waals surface area contributed by atoms with Crippen molar-refractivity contribution in [1.29, 1.82) is 0 Å². The minimum atomic E-state index is -0.610. The quantitative estimate of drug-likeness (QED) is 0.419. The summed E-state index contributed by atoms with van der Waals surface area (Å²) in [5.74, 6) is -1.18. The molecule has 0 radical (unpaired) electrons. The molecule has 5 nitrogen and oxygen atoms in total. The maximum atomic E-state index is 12.1. The second-order valence-corrected chi connectivity index (χ2v) is 4.57. The summed E-state index contributed by atoms with van der Waals surface area (Å²) in [5, 5.41) is 0. The Labute approximate surface area is 101 Å². The van der Waals surface area contributed by atoms with E-state index in [1.165, 1.54) is 7.11 Å². The van der Waals surface area contributed by atoms with Gasteiger partial charge < -0.3 is 14.4 Å². The SMILES string of the molecule is CCC1(CC)OCC[C@@H]2[C@@H](C(=O)OC)C(=O)N21. The van der Waals surface area contributed by atoms with Crippen LogP contribution in [0.15, 0.2) is 0 Å². The first-order valence-electron chi connectivity index (χ1n) is 6.16. The van der Waals surface area contributed by atoms with Gasteiger partial charge in [-0.2, -0.15) is 0 Å². The molecule has 0 spiro atoms. The molecule has 1 amide bonds. The van der Waals surface area contributed by atoms with Crippen LogP contribution in [0.25, 0.3) is 0 Å². The lowest BCUT2D eigenvalue weighted by Gasteiger charge is -2.58. The predicted octanol–water partition coefficient (Wildman–Crippen LogP) is 0.923. The van der Waals surface area contributed by atoms with Crippen LogP contribution in [0.2, 0.25) is 0 Å². The average Bonchev–Trinajstić information content (AvgIpc) is 2.36. The van der Waals surface area contributed by atoms with E-state index in [2.05, 4.69) is 4.74 Å². The second-order valence-electron chi connectivity index (χ2n) is 4.57. The largest absolute Gasteiger partial charge is 0.468 e. The normalized spacial score (nSPS) is 30.5. The van der Waals surface area contributed by atoms with Crippen molar-refractivity contribution in [2.75, 3.05) is 13.7 Å². The van der Waals surface area contributed by atoms with Gasteiger partial charge in [0.15, 0.2) is 5.92 Å². The fourth-order valence-electron chi connectivity index (χ4n) is 2.96. The topological polar surface area (TPSA) is 55.8 Å². The summed E-state index contributed by atoms with van der Waals surface area (Å²) >= 11 is 0. The zero-order chi connectivity index (χ0) is 12.6. The van der Waals surface area contributed by atoms with E-state index in [4.69, 9.17) is 4.74 Å². The highest BCUT2D eigenvalue weighted by atomic mass is 16.5. The van der Waals surface area contributed by atoms with E-state index in [0.717, 1.165) is 12.8 Å². The van der Waals surface area contributed by atoms with Crippen molar-refractivity contribution in [3.05, 3.63) is 0 Å². The number of methoxy groups -OCH3 is 1. The first-order valence-corrected chi connectivity index (χ1v) is 6.16. The highest BCUT2D eigenvalue weighted by Gasteiger charge is 2.60. The number of esters is 1. The number of carbonyl (C=O) groups is 2. The Morgan fingerprint density at radius 1 is 1.53 bits per heavy atom. The van der Waals surface area contributed by atoms with Crippen LogP contribution in [0.1, 0.15) is 33.1 Å². The van der Waals surface area contributed by atoms with E-state index in [9.17, 15) is 9.59 Å². The molecule has 0 aromatic heterocycles. The fourth-order valence-corrected chi connectivity index (χ4v) is 2.96. The monoisotopic (exact) mass is 241 g/mol. The fraction of sp³-hybridized carbons (Fsp3) is 0.833. The van der Waals surface area contributed by atoms with Crippen molar-refractivity contribution < 1.29 is 19.1 Å². The summed E-state index contributed by atoms with van der Waals surface area (Å²) in [6, 6.07) is -0.0383. The highest BCUT2D eigenvalue weighted by Crippen LogP contribution is 2.43. The van der Waals surface area contributed by atoms with Crippen LogP contribution in [0.4, 0.5) is 0 Å². The summed E-state index contributed by atoms with van der Waals surface area (Å²) in [7, 11) is 1.32. The number of ether oxygens (including phenoxy) is 2. The number of carbonyl (C=O) groups excluding carboxylic acids is 2. The molecule has 2 heterocycles. The molecule has 0 saturated carbocycles. The summed E-state index contributed by atoms with van der Waals surface area (Å²) in [4.78, 5) is 25.4. The second kappa shape index (κ2) is 4.29. The molecule has 0 N–H and O–H groups in total. The van der Waals surface area contributed by atoms with Gasteiger partial charge >= 0.3 is 5.97 Å². The number of rotatable bonds is 3. The van der Waals surface area contributed by atoms with Gasteiger partial charge in [-0.15, -0.1) is 0 Å². The van der Waals surface area contributed by atoms with Crippen molar-refractivity contribution in [3.8, 4) is 0 Å². The Kier molecular flexibility index (Phi) is 3.12. The Bertz CT molecular complexity index is 337. The van der Waals surface area contributed by atoms with Crippen LogP contribution in [-0.4, -0.2) is 42.3 Å². The third kappa shape index (κ3) is 1.56. The first-order chi connectivity index (χ1) is 8.11. The molecular formula is C12H19NO4. The van der Waals surface area contributed by atoms with Gasteiger partial charge in [0.2, 0.25) is 5.91 Å². The molecule has 2 atom stereocenters. The van der Waals surface area contributed by atoms with Gasteiger partial charge in [-0.25, -0.2) is 0 Å². The van der Waals surface area contributed by atoms with Crippen molar-refractivity contribution >= 4 is 11.9 Å². The van der Waals surface area contributed by atoms with Gasteiger partial charge in [0, 0.05) is 0 Å². The van der Waals surface area contributed by atoms with Gasteiger partial charge in [0.25, 0.3) is 0 Å². The van der Waals surface area contributed by atoms with Crippen LogP contribution in [-0.2, 0) is 19.1 Å². The summed E-state index contributed by atoms with van der Waals surface area (Å²) in [6.45, 7) is 4.61. The smallest absolute Gasteiger partial charge is 0.320 e. The number of amides is 1. The van der Waals surface area contributed by atoms with E-state index < -0.39 is 17.6 Å². The Morgan fingerprint density at radius 3 is 2.71 bits per heavy atom. The van der Waals surface area contributed by atoms with Gasteiger partial charge in [0.05, 0.1) is 19.8 Å². The average molecular weight is 241 g/mol. The molecule has 2 rings (SSSR count). The standard InChI is InChI=1S/C12H19NO4/c1-4-12(5-2)13-8(6-7-17-12)9(10(13)14)11(15)16-3/h8-9H,4-7H2,1-3H3/t8-,9-/m1/s1. The molecule has 2 aliphatic heterocycles. The molecule has 5 heteroatoms. The molecule has 17 heavy (non-hydrogen) atoms.